The Labute approximate surface area is 149 Å². The van der Waals surface area contributed by atoms with Gasteiger partial charge in [0.1, 0.15) is 11.5 Å². The summed E-state index contributed by atoms with van der Waals surface area (Å²) in [4.78, 5) is 6.53. The number of para-hydroxylation sites is 1. The Morgan fingerprint density at radius 2 is 1.80 bits per heavy atom. The molecule has 5 heteroatoms. The molecule has 134 valence electrons. The largest absolute Gasteiger partial charge is 0.508 e. The molecule has 0 saturated carbocycles. The Morgan fingerprint density at radius 1 is 1.04 bits per heavy atom. The van der Waals surface area contributed by atoms with Crippen LogP contribution in [0.15, 0.2) is 47.5 Å². The number of nitrogens with one attached hydrogen (secondary N) is 1. The van der Waals surface area contributed by atoms with E-state index >= 15 is 0 Å². The number of phenols is 2. The van der Waals surface area contributed by atoms with Crippen LogP contribution in [0.3, 0.4) is 0 Å². The van der Waals surface area contributed by atoms with Gasteiger partial charge in [-0.1, -0.05) is 18.2 Å². The highest BCUT2D eigenvalue weighted by molar-refractivity contribution is 5.84. The average Bonchev–Trinajstić information content (AvgIpc) is 2.62. The van der Waals surface area contributed by atoms with Crippen LogP contribution in [0, 0.1) is 0 Å². The number of phenolic OH excluding ortho intramolecular Hbond substituents is 2. The lowest BCUT2D eigenvalue weighted by Gasteiger charge is -2.21. The van der Waals surface area contributed by atoms with Gasteiger partial charge in [-0.05, 0) is 32.0 Å². The summed E-state index contributed by atoms with van der Waals surface area (Å²) in [5.41, 5.74) is 2.61. The highest BCUT2D eigenvalue weighted by atomic mass is 16.3. The molecule has 2 aromatic carbocycles. The fourth-order valence-electron chi connectivity index (χ4n) is 2.62. The van der Waals surface area contributed by atoms with E-state index in [0.717, 1.165) is 29.9 Å². The maximum absolute atomic E-state index is 10.2. The van der Waals surface area contributed by atoms with E-state index in [1.807, 2.05) is 24.3 Å². The summed E-state index contributed by atoms with van der Waals surface area (Å²) in [5, 5.41) is 23.1. The molecule has 0 amide bonds. The van der Waals surface area contributed by atoms with E-state index in [9.17, 15) is 10.2 Å². The maximum Gasteiger partial charge on any atom is 0.126 e. The number of rotatable bonds is 9. The molecule has 0 radical (unpaired) electrons. The van der Waals surface area contributed by atoms with E-state index in [-0.39, 0.29) is 5.75 Å². The highest BCUT2D eigenvalue weighted by Crippen LogP contribution is 2.23. The van der Waals surface area contributed by atoms with Gasteiger partial charge in [0.15, 0.2) is 0 Å². The summed E-state index contributed by atoms with van der Waals surface area (Å²) in [5.74, 6) is 0.548. The van der Waals surface area contributed by atoms with Crippen LogP contribution >= 0.6 is 0 Å². The lowest BCUT2D eigenvalue weighted by atomic mass is 10.2. The molecule has 2 rings (SSSR count). The van der Waals surface area contributed by atoms with Gasteiger partial charge in [-0.3, -0.25) is 4.99 Å². The number of aliphatic imine (C=N–C) groups is 1. The number of hydrogen-bond acceptors (Lipinski definition) is 5. The van der Waals surface area contributed by atoms with E-state index in [1.165, 1.54) is 0 Å². The highest BCUT2D eigenvalue weighted by Gasteiger charge is 2.05. The SMILES string of the molecule is CCN(CC)c1ccc(C=NCCNCc2ccccc2O)c(O)c1. The quantitative estimate of drug-likeness (QED) is 0.484. The van der Waals surface area contributed by atoms with Crippen LogP contribution in [0.2, 0.25) is 0 Å². The van der Waals surface area contributed by atoms with Crippen LogP contribution in [0.5, 0.6) is 11.5 Å². The molecular weight excluding hydrogens is 314 g/mol. The summed E-state index contributed by atoms with van der Waals surface area (Å²) in [6.07, 6.45) is 1.70. The van der Waals surface area contributed by atoms with Crippen molar-refractivity contribution in [3.63, 3.8) is 0 Å². The van der Waals surface area contributed by atoms with Crippen molar-refractivity contribution in [3.05, 3.63) is 53.6 Å². The zero-order valence-electron chi connectivity index (χ0n) is 14.9. The predicted molar refractivity (Wildman–Crippen MR) is 104 cm³/mol. The Balaban J connectivity index is 1.81. The van der Waals surface area contributed by atoms with E-state index in [2.05, 4.69) is 29.1 Å². The third kappa shape index (κ3) is 5.50. The second-order valence-electron chi connectivity index (χ2n) is 5.76. The minimum absolute atomic E-state index is 0.246. The molecule has 5 nitrogen and oxygen atoms in total. The van der Waals surface area contributed by atoms with Crippen molar-refractivity contribution in [2.24, 2.45) is 4.99 Å². The first-order chi connectivity index (χ1) is 12.2. The molecule has 0 bridgehead atoms. The molecule has 0 aliphatic carbocycles. The van der Waals surface area contributed by atoms with Crippen LogP contribution in [0.1, 0.15) is 25.0 Å². The molecule has 0 aromatic heterocycles. The van der Waals surface area contributed by atoms with Gasteiger partial charge in [-0.25, -0.2) is 0 Å². The normalized spacial score (nSPS) is 11.1. The molecule has 0 spiro atoms. The summed E-state index contributed by atoms with van der Waals surface area (Å²) in [6, 6.07) is 13.0. The van der Waals surface area contributed by atoms with Gasteiger partial charge in [0, 0.05) is 55.3 Å². The molecular formula is C20H27N3O2. The van der Waals surface area contributed by atoms with Crippen molar-refractivity contribution in [2.75, 3.05) is 31.1 Å². The second kappa shape index (κ2) is 9.69. The van der Waals surface area contributed by atoms with Gasteiger partial charge in [0.25, 0.3) is 0 Å². The maximum atomic E-state index is 10.2. The number of hydrogen-bond donors (Lipinski definition) is 3. The first-order valence-corrected chi connectivity index (χ1v) is 8.71. The first kappa shape index (κ1) is 18.8. The monoisotopic (exact) mass is 341 g/mol. The molecule has 0 aliphatic rings. The minimum Gasteiger partial charge on any atom is -0.508 e. The third-order valence-electron chi connectivity index (χ3n) is 4.10. The molecule has 0 fully saturated rings. The minimum atomic E-state index is 0.246. The number of benzene rings is 2. The molecule has 25 heavy (non-hydrogen) atoms. The zero-order valence-corrected chi connectivity index (χ0v) is 14.9. The van der Waals surface area contributed by atoms with Crippen molar-refractivity contribution < 1.29 is 10.2 Å². The summed E-state index contributed by atoms with van der Waals surface area (Å²) in [7, 11) is 0. The number of aromatic hydroxyl groups is 2. The summed E-state index contributed by atoms with van der Waals surface area (Å²) < 4.78 is 0. The molecule has 3 N–H and O–H groups in total. The predicted octanol–water partition coefficient (Wildman–Crippen LogP) is 3.15. The Hall–Kier alpha value is -2.53. The van der Waals surface area contributed by atoms with Crippen LogP contribution in [-0.2, 0) is 6.54 Å². The topological polar surface area (TPSA) is 68.1 Å². The van der Waals surface area contributed by atoms with Gasteiger partial charge < -0.3 is 20.4 Å². The van der Waals surface area contributed by atoms with Gasteiger partial charge in [0.2, 0.25) is 0 Å². The Kier molecular flexibility index (Phi) is 7.29. The second-order valence-corrected chi connectivity index (χ2v) is 5.76. The van der Waals surface area contributed by atoms with Crippen LogP contribution in [0.4, 0.5) is 5.69 Å². The van der Waals surface area contributed by atoms with Crippen LogP contribution in [-0.4, -0.2) is 42.6 Å². The lowest BCUT2D eigenvalue weighted by molar-refractivity contribution is 0.464. The van der Waals surface area contributed by atoms with Gasteiger partial charge in [0.05, 0.1) is 6.54 Å². The summed E-state index contributed by atoms with van der Waals surface area (Å²) >= 11 is 0. The lowest BCUT2D eigenvalue weighted by Crippen LogP contribution is -2.21. The molecule has 0 saturated heterocycles. The third-order valence-corrected chi connectivity index (χ3v) is 4.10. The Bertz CT molecular complexity index is 697. The number of nitrogens with zero attached hydrogens (tertiary/aromatic N) is 2. The van der Waals surface area contributed by atoms with Crippen LogP contribution in [0.25, 0.3) is 0 Å². The molecule has 0 heterocycles. The number of anilines is 1. The van der Waals surface area contributed by atoms with Crippen LogP contribution < -0.4 is 10.2 Å². The molecule has 0 atom stereocenters. The fraction of sp³-hybridized carbons (Fsp3) is 0.350. The van der Waals surface area contributed by atoms with E-state index in [4.69, 9.17) is 0 Å². The van der Waals surface area contributed by atoms with Crippen molar-refractivity contribution in [1.29, 1.82) is 0 Å². The van der Waals surface area contributed by atoms with E-state index in [0.29, 0.717) is 25.4 Å². The molecule has 0 aliphatic heterocycles. The fourth-order valence-corrected chi connectivity index (χ4v) is 2.62. The van der Waals surface area contributed by atoms with Crippen molar-refractivity contribution in [1.82, 2.24) is 5.32 Å². The van der Waals surface area contributed by atoms with Gasteiger partial charge in [-0.2, -0.15) is 0 Å². The van der Waals surface area contributed by atoms with Crippen molar-refractivity contribution in [2.45, 2.75) is 20.4 Å². The molecule has 0 unspecified atom stereocenters. The van der Waals surface area contributed by atoms with Crippen molar-refractivity contribution >= 4 is 11.9 Å². The van der Waals surface area contributed by atoms with E-state index < -0.39 is 0 Å². The molecule has 2 aromatic rings. The Morgan fingerprint density at radius 3 is 2.48 bits per heavy atom. The van der Waals surface area contributed by atoms with E-state index in [1.54, 1.807) is 24.4 Å². The standard InChI is InChI=1S/C20H27N3O2/c1-3-23(4-2)18-10-9-17(20(25)13-18)15-22-12-11-21-14-16-7-5-6-8-19(16)24/h5-10,13,15,21,24-25H,3-4,11-12,14H2,1-2H3. The summed E-state index contributed by atoms with van der Waals surface area (Å²) in [6.45, 7) is 7.91. The van der Waals surface area contributed by atoms with Crippen molar-refractivity contribution in [3.8, 4) is 11.5 Å². The smallest absolute Gasteiger partial charge is 0.126 e. The first-order valence-electron chi connectivity index (χ1n) is 8.71. The van der Waals surface area contributed by atoms with Gasteiger partial charge in [-0.15, -0.1) is 0 Å². The van der Waals surface area contributed by atoms with Gasteiger partial charge >= 0.3 is 0 Å². The average molecular weight is 341 g/mol. The zero-order chi connectivity index (χ0) is 18.1.